The number of sulfone groups is 1. The number of carboxylic acid groups (broad SMARTS) is 1. The van der Waals surface area contributed by atoms with Crippen LogP contribution in [-0.4, -0.2) is 38.0 Å². The Morgan fingerprint density at radius 3 is 2.33 bits per heavy atom. The van der Waals surface area contributed by atoms with Crippen molar-refractivity contribution in [2.45, 2.75) is 23.0 Å². The second-order valence-corrected chi connectivity index (χ2v) is 6.47. The number of hydrogen-bond acceptors (Lipinski definition) is 4. The lowest BCUT2D eigenvalue weighted by Gasteiger charge is -2.25. The van der Waals surface area contributed by atoms with E-state index in [0.29, 0.717) is 6.42 Å². The molecule has 98 valence electrons. The van der Waals surface area contributed by atoms with Crippen molar-refractivity contribution in [3.05, 3.63) is 29.8 Å². The molecule has 1 aliphatic rings. The van der Waals surface area contributed by atoms with Gasteiger partial charge in [0.1, 0.15) is 5.25 Å². The Balaban J connectivity index is 2.09. The van der Waals surface area contributed by atoms with Crippen LogP contribution in [0.15, 0.2) is 29.2 Å². The summed E-state index contributed by atoms with van der Waals surface area (Å²) in [6, 6.07) is 6.39. The van der Waals surface area contributed by atoms with Gasteiger partial charge in [0.15, 0.2) is 9.84 Å². The summed E-state index contributed by atoms with van der Waals surface area (Å²) >= 11 is 0. The van der Waals surface area contributed by atoms with E-state index in [-0.39, 0.29) is 24.5 Å². The third-order valence-electron chi connectivity index (χ3n) is 2.93. The summed E-state index contributed by atoms with van der Waals surface area (Å²) in [6.07, 6.45) is 0.449. The van der Waals surface area contributed by atoms with Crippen LogP contribution < -0.4 is 0 Å². The van der Waals surface area contributed by atoms with Crippen LogP contribution in [0.4, 0.5) is 0 Å². The number of ether oxygens (including phenoxy) is 1. The second-order valence-electron chi connectivity index (χ2n) is 4.24. The van der Waals surface area contributed by atoms with Gasteiger partial charge in [0.05, 0.1) is 18.1 Å². The largest absolute Gasteiger partial charge is 0.481 e. The van der Waals surface area contributed by atoms with Gasteiger partial charge in [-0.05, 0) is 24.1 Å². The molecule has 0 radical (unpaired) electrons. The SMILES string of the molecule is O=C(O)CCc1ccc(S(=O)(=O)C2COC2)cc1. The van der Waals surface area contributed by atoms with Crippen LogP contribution >= 0.6 is 0 Å². The van der Waals surface area contributed by atoms with E-state index in [0.717, 1.165) is 5.56 Å². The molecule has 0 bridgehead atoms. The fourth-order valence-electron chi connectivity index (χ4n) is 1.68. The molecule has 0 saturated carbocycles. The van der Waals surface area contributed by atoms with Crippen LogP contribution in [0.5, 0.6) is 0 Å². The normalized spacial score (nSPS) is 16.2. The number of rotatable bonds is 5. The van der Waals surface area contributed by atoms with Gasteiger partial charge in [-0.2, -0.15) is 0 Å². The minimum absolute atomic E-state index is 0.0442. The van der Waals surface area contributed by atoms with Crippen LogP contribution in [0.1, 0.15) is 12.0 Å². The molecule has 1 aromatic rings. The first-order valence-corrected chi connectivity index (χ1v) is 7.17. The monoisotopic (exact) mass is 270 g/mol. The molecule has 6 heteroatoms. The Hall–Kier alpha value is -1.40. The maximum Gasteiger partial charge on any atom is 0.303 e. The van der Waals surface area contributed by atoms with Crippen LogP contribution in [0, 0.1) is 0 Å². The molecule has 5 nitrogen and oxygen atoms in total. The molecule has 0 amide bonds. The van der Waals surface area contributed by atoms with E-state index in [1.165, 1.54) is 12.1 Å². The highest BCUT2D eigenvalue weighted by Crippen LogP contribution is 2.22. The van der Waals surface area contributed by atoms with Gasteiger partial charge in [0, 0.05) is 6.42 Å². The van der Waals surface area contributed by atoms with Gasteiger partial charge in [-0.3, -0.25) is 4.79 Å². The molecular formula is C12H14O5S. The molecule has 1 N–H and O–H groups in total. The van der Waals surface area contributed by atoms with Crippen molar-refractivity contribution in [2.24, 2.45) is 0 Å². The number of aryl methyl sites for hydroxylation is 1. The molecule has 1 saturated heterocycles. The predicted octanol–water partition coefficient (Wildman–Crippen LogP) is 0.876. The van der Waals surface area contributed by atoms with Crippen LogP contribution in [0.25, 0.3) is 0 Å². The van der Waals surface area contributed by atoms with E-state index in [9.17, 15) is 13.2 Å². The minimum atomic E-state index is -3.29. The molecule has 0 aliphatic carbocycles. The molecular weight excluding hydrogens is 256 g/mol. The van der Waals surface area contributed by atoms with E-state index < -0.39 is 21.1 Å². The summed E-state index contributed by atoms with van der Waals surface area (Å²) in [4.78, 5) is 10.7. The zero-order valence-electron chi connectivity index (χ0n) is 9.70. The topological polar surface area (TPSA) is 80.7 Å². The summed E-state index contributed by atoms with van der Waals surface area (Å²) in [7, 11) is -3.29. The number of aliphatic carboxylic acids is 1. The summed E-state index contributed by atoms with van der Waals surface area (Å²) in [5.74, 6) is -0.863. The molecule has 1 fully saturated rings. The van der Waals surface area contributed by atoms with Crippen LogP contribution in [0.3, 0.4) is 0 Å². The van der Waals surface area contributed by atoms with Crippen molar-refractivity contribution in [1.29, 1.82) is 0 Å². The Morgan fingerprint density at radius 1 is 1.28 bits per heavy atom. The summed E-state index contributed by atoms with van der Waals surface area (Å²) < 4.78 is 28.9. The summed E-state index contributed by atoms with van der Waals surface area (Å²) in [6.45, 7) is 0.506. The molecule has 0 atom stereocenters. The van der Waals surface area contributed by atoms with E-state index in [1.54, 1.807) is 12.1 Å². The predicted molar refractivity (Wildman–Crippen MR) is 64.2 cm³/mol. The third kappa shape index (κ3) is 2.70. The Bertz CT molecular complexity index is 528. The van der Waals surface area contributed by atoms with Crippen molar-refractivity contribution in [3.8, 4) is 0 Å². The molecule has 2 rings (SSSR count). The molecule has 0 unspecified atom stereocenters. The first-order valence-electron chi connectivity index (χ1n) is 5.62. The van der Waals surface area contributed by atoms with Crippen molar-refractivity contribution in [2.75, 3.05) is 13.2 Å². The van der Waals surface area contributed by atoms with Gasteiger partial charge < -0.3 is 9.84 Å². The first-order chi connectivity index (χ1) is 8.50. The molecule has 0 aromatic heterocycles. The van der Waals surface area contributed by atoms with Gasteiger partial charge in [0.2, 0.25) is 0 Å². The zero-order valence-corrected chi connectivity index (χ0v) is 10.5. The summed E-state index contributed by atoms with van der Waals surface area (Å²) in [5.41, 5.74) is 0.821. The maximum absolute atomic E-state index is 12.0. The van der Waals surface area contributed by atoms with Crippen molar-refractivity contribution in [1.82, 2.24) is 0 Å². The molecule has 0 spiro atoms. The average molecular weight is 270 g/mol. The number of benzene rings is 1. The number of hydrogen-bond donors (Lipinski definition) is 1. The fourth-order valence-corrected chi connectivity index (χ4v) is 3.13. The second kappa shape index (κ2) is 5.07. The summed E-state index contributed by atoms with van der Waals surface area (Å²) in [5, 5.41) is 8.12. The lowest BCUT2D eigenvalue weighted by atomic mass is 10.1. The van der Waals surface area contributed by atoms with Gasteiger partial charge in [-0.25, -0.2) is 8.42 Å². The van der Waals surface area contributed by atoms with E-state index in [2.05, 4.69) is 0 Å². The Labute approximate surface area is 105 Å². The number of carboxylic acids is 1. The van der Waals surface area contributed by atoms with Gasteiger partial charge in [0.25, 0.3) is 0 Å². The standard InChI is InChI=1S/C12H14O5S/c13-12(14)6-3-9-1-4-10(5-2-9)18(15,16)11-7-17-8-11/h1-2,4-5,11H,3,6-8H2,(H,13,14). The molecule has 1 aliphatic heterocycles. The molecule has 18 heavy (non-hydrogen) atoms. The average Bonchev–Trinajstić information content (AvgIpc) is 2.24. The van der Waals surface area contributed by atoms with Crippen molar-refractivity contribution in [3.63, 3.8) is 0 Å². The minimum Gasteiger partial charge on any atom is -0.481 e. The zero-order chi connectivity index (χ0) is 13.2. The van der Waals surface area contributed by atoms with Crippen LogP contribution in [-0.2, 0) is 25.8 Å². The van der Waals surface area contributed by atoms with E-state index >= 15 is 0 Å². The first kappa shape index (κ1) is 13.0. The van der Waals surface area contributed by atoms with Crippen molar-refractivity contribution < 1.29 is 23.1 Å². The lowest BCUT2D eigenvalue weighted by molar-refractivity contribution is -0.136. The molecule has 1 aromatic carbocycles. The highest BCUT2D eigenvalue weighted by Gasteiger charge is 2.33. The molecule has 1 heterocycles. The number of carbonyl (C=O) groups is 1. The van der Waals surface area contributed by atoms with Gasteiger partial charge in [-0.15, -0.1) is 0 Å². The maximum atomic E-state index is 12.0. The van der Waals surface area contributed by atoms with Gasteiger partial charge >= 0.3 is 5.97 Å². The fraction of sp³-hybridized carbons (Fsp3) is 0.417. The lowest BCUT2D eigenvalue weighted by Crippen LogP contribution is -2.40. The van der Waals surface area contributed by atoms with Crippen molar-refractivity contribution >= 4 is 15.8 Å². The highest BCUT2D eigenvalue weighted by molar-refractivity contribution is 7.92. The van der Waals surface area contributed by atoms with E-state index in [4.69, 9.17) is 9.84 Å². The highest BCUT2D eigenvalue weighted by atomic mass is 32.2. The van der Waals surface area contributed by atoms with Crippen LogP contribution in [0.2, 0.25) is 0 Å². The van der Waals surface area contributed by atoms with E-state index in [1.807, 2.05) is 0 Å². The Morgan fingerprint density at radius 2 is 1.89 bits per heavy atom. The third-order valence-corrected chi connectivity index (χ3v) is 5.00. The smallest absolute Gasteiger partial charge is 0.303 e. The Kier molecular flexibility index (Phi) is 3.68. The quantitative estimate of drug-likeness (QED) is 0.859. The van der Waals surface area contributed by atoms with Gasteiger partial charge in [-0.1, -0.05) is 12.1 Å².